The number of hydrogen-bond acceptors (Lipinski definition) is 4. The van der Waals surface area contributed by atoms with E-state index in [4.69, 9.17) is 0 Å². The van der Waals surface area contributed by atoms with Crippen molar-refractivity contribution in [2.75, 3.05) is 19.7 Å². The van der Waals surface area contributed by atoms with E-state index >= 15 is 0 Å². The van der Waals surface area contributed by atoms with Crippen LogP contribution in [0.3, 0.4) is 0 Å². The summed E-state index contributed by atoms with van der Waals surface area (Å²) in [5.41, 5.74) is 0.357. The molecule has 6 nitrogen and oxygen atoms in total. The summed E-state index contributed by atoms with van der Waals surface area (Å²) >= 11 is 0. The van der Waals surface area contributed by atoms with E-state index in [0.29, 0.717) is 10.9 Å². The normalized spacial score (nSPS) is 15.4. The fraction of sp³-hybridized carbons (Fsp3) is 0.438. The summed E-state index contributed by atoms with van der Waals surface area (Å²) in [7, 11) is 0. The summed E-state index contributed by atoms with van der Waals surface area (Å²) in [6, 6.07) is 6.92. The first-order chi connectivity index (χ1) is 11.8. The largest absolute Gasteiger partial charge is 0.411 e. The molecule has 2 aromatic rings. The van der Waals surface area contributed by atoms with Crippen LogP contribution in [0.15, 0.2) is 35.4 Å². The smallest absolute Gasteiger partial charge is 0.365 e. The zero-order valence-corrected chi connectivity index (χ0v) is 13.2. The number of hydrogen-bond donors (Lipinski definition) is 0. The maximum absolute atomic E-state index is 12.3. The number of carbonyl (C=O) groups is 1. The Kier molecular flexibility index (Phi) is 4.76. The van der Waals surface area contributed by atoms with Gasteiger partial charge in [0.1, 0.15) is 6.61 Å². The van der Waals surface area contributed by atoms with Crippen LogP contribution in [0.1, 0.15) is 6.42 Å². The quantitative estimate of drug-likeness (QED) is 0.817. The molecule has 1 aromatic heterocycles. The number of likely N-dealkylation sites (tertiary alicyclic amines) is 1. The number of benzene rings is 1. The Hall–Kier alpha value is -2.42. The van der Waals surface area contributed by atoms with Crippen molar-refractivity contribution >= 4 is 16.8 Å². The van der Waals surface area contributed by atoms with Gasteiger partial charge in [-0.3, -0.25) is 14.2 Å². The zero-order chi connectivity index (χ0) is 18.0. The topological polar surface area (TPSA) is 64.4 Å². The highest BCUT2D eigenvalue weighted by atomic mass is 19.4. The maximum Gasteiger partial charge on any atom is 0.411 e. The molecule has 25 heavy (non-hydrogen) atoms. The van der Waals surface area contributed by atoms with E-state index in [1.54, 1.807) is 24.3 Å². The van der Waals surface area contributed by atoms with Crippen molar-refractivity contribution in [1.82, 2.24) is 14.5 Å². The van der Waals surface area contributed by atoms with Gasteiger partial charge in [0.05, 0.1) is 23.3 Å². The Bertz CT molecular complexity index is 828. The molecule has 1 saturated heterocycles. The molecule has 3 rings (SSSR count). The van der Waals surface area contributed by atoms with Crippen molar-refractivity contribution in [1.29, 1.82) is 0 Å². The van der Waals surface area contributed by atoms with Crippen molar-refractivity contribution in [3.05, 3.63) is 40.9 Å². The molecule has 134 valence electrons. The Labute approximate surface area is 140 Å². The molecule has 0 spiro atoms. The molecule has 1 aliphatic rings. The lowest BCUT2D eigenvalue weighted by molar-refractivity contribution is -0.200. The lowest BCUT2D eigenvalue weighted by Crippen LogP contribution is -2.55. The van der Waals surface area contributed by atoms with Gasteiger partial charge < -0.3 is 9.64 Å². The minimum Gasteiger partial charge on any atom is -0.365 e. The number of carbonyl (C=O) groups excluding carboxylic acids is 1. The molecule has 0 radical (unpaired) electrons. The van der Waals surface area contributed by atoms with Gasteiger partial charge in [-0.2, -0.15) is 13.2 Å². The second-order valence-corrected chi connectivity index (χ2v) is 5.86. The van der Waals surface area contributed by atoms with E-state index in [-0.39, 0.29) is 37.5 Å². The SMILES string of the molecule is O=C(CCn1cnc2ccccc2c1=O)N1CC(OCC(F)(F)F)C1. The Morgan fingerprint density at radius 2 is 2.00 bits per heavy atom. The average Bonchev–Trinajstić information content (AvgIpc) is 2.52. The number of ether oxygens (including phenoxy) is 1. The van der Waals surface area contributed by atoms with Crippen LogP contribution in [-0.2, 0) is 16.1 Å². The molecule has 0 atom stereocenters. The van der Waals surface area contributed by atoms with E-state index in [1.165, 1.54) is 15.8 Å². The molecule has 1 aromatic carbocycles. The molecule has 0 N–H and O–H groups in total. The average molecular weight is 355 g/mol. The van der Waals surface area contributed by atoms with Crippen LogP contribution in [0.2, 0.25) is 0 Å². The molecule has 2 heterocycles. The van der Waals surface area contributed by atoms with E-state index in [9.17, 15) is 22.8 Å². The number of para-hydroxylation sites is 1. The summed E-state index contributed by atoms with van der Waals surface area (Å²) in [5, 5.41) is 0.474. The maximum atomic E-state index is 12.3. The number of halogens is 3. The third-order valence-corrected chi connectivity index (χ3v) is 3.98. The van der Waals surface area contributed by atoms with Crippen molar-refractivity contribution in [2.45, 2.75) is 25.2 Å². The Morgan fingerprint density at radius 1 is 1.28 bits per heavy atom. The minimum atomic E-state index is -4.37. The first-order valence-corrected chi connectivity index (χ1v) is 7.74. The first kappa shape index (κ1) is 17.4. The predicted molar refractivity (Wildman–Crippen MR) is 83.0 cm³/mol. The molecule has 9 heteroatoms. The lowest BCUT2D eigenvalue weighted by Gasteiger charge is -2.39. The third-order valence-electron chi connectivity index (χ3n) is 3.98. The van der Waals surface area contributed by atoms with Crippen molar-refractivity contribution < 1.29 is 22.7 Å². The predicted octanol–water partition coefficient (Wildman–Crippen LogP) is 1.58. The molecule has 1 fully saturated rings. The van der Waals surface area contributed by atoms with Gasteiger partial charge in [-0.1, -0.05) is 12.1 Å². The number of nitrogens with zero attached hydrogens (tertiary/aromatic N) is 3. The summed E-state index contributed by atoms with van der Waals surface area (Å²) in [6.45, 7) is -0.864. The number of aryl methyl sites for hydroxylation is 1. The van der Waals surface area contributed by atoms with Gasteiger partial charge in [0.25, 0.3) is 5.56 Å². The van der Waals surface area contributed by atoms with Gasteiger partial charge in [0.15, 0.2) is 0 Å². The molecule has 0 unspecified atom stereocenters. The highest BCUT2D eigenvalue weighted by Gasteiger charge is 2.35. The van der Waals surface area contributed by atoms with Gasteiger partial charge in [-0.15, -0.1) is 0 Å². The first-order valence-electron chi connectivity index (χ1n) is 7.74. The molecule has 0 bridgehead atoms. The lowest BCUT2D eigenvalue weighted by atomic mass is 10.1. The second kappa shape index (κ2) is 6.83. The number of alkyl halides is 3. The van der Waals surface area contributed by atoms with Gasteiger partial charge in [-0.05, 0) is 12.1 Å². The van der Waals surface area contributed by atoms with Gasteiger partial charge in [0, 0.05) is 26.1 Å². The summed E-state index contributed by atoms with van der Waals surface area (Å²) < 4.78 is 42.2. The van der Waals surface area contributed by atoms with E-state index in [1.807, 2.05) is 0 Å². The molecular formula is C16H16F3N3O3. The van der Waals surface area contributed by atoms with Gasteiger partial charge in [-0.25, -0.2) is 4.98 Å². The number of rotatable bonds is 5. The van der Waals surface area contributed by atoms with Crippen LogP contribution in [0.25, 0.3) is 10.9 Å². The van der Waals surface area contributed by atoms with E-state index < -0.39 is 18.9 Å². The van der Waals surface area contributed by atoms with Crippen LogP contribution in [0.5, 0.6) is 0 Å². The minimum absolute atomic E-state index is 0.0753. The van der Waals surface area contributed by atoms with E-state index in [2.05, 4.69) is 9.72 Å². The highest BCUT2D eigenvalue weighted by molar-refractivity contribution is 5.78. The van der Waals surface area contributed by atoms with Crippen LogP contribution in [-0.4, -0.2) is 52.3 Å². The van der Waals surface area contributed by atoms with Crippen molar-refractivity contribution in [3.8, 4) is 0 Å². The third kappa shape index (κ3) is 4.16. The molecule has 0 saturated carbocycles. The number of aromatic nitrogens is 2. The molecule has 1 amide bonds. The van der Waals surface area contributed by atoms with Crippen LogP contribution >= 0.6 is 0 Å². The zero-order valence-electron chi connectivity index (χ0n) is 13.2. The van der Waals surface area contributed by atoms with Gasteiger partial charge >= 0.3 is 6.18 Å². The van der Waals surface area contributed by atoms with E-state index in [0.717, 1.165) is 0 Å². The summed E-state index contributed by atoms with van der Waals surface area (Å²) in [4.78, 5) is 29.9. The molecule has 0 aliphatic carbocycles. The number of amides is 1. The fourth-order valence-electron chi connectivity index (χ4n) is 2.60. The standard InChI is InChI=1S/C16H16F3N3O3/c17-16(18,19)9-25-11-7-22(8-11)14(23)5-6-21-10-20-13-4-2-1-3-12(13)15(21)24/h1-4,10-11H,5-9H2. The molecule has 1 aliphatic heterocycles. The van der Waals surface area contributed by atoms with Crippen molar-refractivity contribution in [3.63, 3.8) is 0 Å². The summed E-state index contributed by atoms with van der Waals surface area (Å²) in [6.07, 6.45) is -3.49. The van der Waals surface area contributed by atoms with Crippen LogP contribution < -0.4 is 5.56 Å². The van der Waals surface area contributed by atoms with Gasteiger partial charge in [0.2, 0.25) is 5.91 Å². The number of fused-ring (bicyclic) bond motifs is 1. The highest BCUT2D eigenvalue weighted by Crippen LogP contribution is 2.19. The van der Waals surface area contributed by atoms with Crippen LogP contribution in [0, 0.1) is 0 Å². The Balaban J connectivity index is 1.51. The Morgan fingerprint density at radius 3 is 2.72 bits per heavy atom. The fourth-order valence-corrected chi connectivity index (χ4v) is 2.60. The van der Waals surface area contributed by atoms with Crippen molar-refractivity contribution in [2.24, 2.45) is 0 Å². The summed E-state index contributed by atoms with van der Waals surface area (Å²) in [5.74, 6) is -0.230. The van der Waals surface area contributed by atoms with Crippen LogP contribution in [0.4, 0.5) is 13.2 Å². The monoisotopic (exact) mass is 355 g/mol. The molecular weight excluding hydrogens is 339 g/mol. The second-order valence-electron chi connectivity index (χ2n) is 5.86.